The fraction of sp³-hybridized carbons (Fsp3) is 0.412. The van der Waals surface area contributed by atoms with E-state index in [9.17, 15) is 4.79 Å². The number of unbranched alkanes of at least 4 members (excludes halogenated alkanes) is 2. The Labute approximate surface area is 141 Å². The Bertz CT molecular complexity index is 646. The Kier molecular flexibility index (Phi) is 6.94. The first kappa shape index (κ1) is 17.7. The van der Waals surface area contributed by atoms with Gasteiger partial charge in [-0.05, 0) is 37.6 Å². The Morgan fingerprint density at radius 2 is 1.96 bits per heavy atom. The maximum atomic E-state index is 11.6. The molecule has 1 heterocycles. The van der Waals surface area contributed by atoms with Crippen molar-refractivity contribution in [3.8, 4) is 0 Å². The predicted octanol–water partition coefficient (Wildman–Crippen LogP) is 3.39. The molecule has 2 rings (SSSR count). The second kappa shape index (κ2) is 9.44. The Morgan fingerprint density at radius 1 is 1.17 bits per heavy atom. The molecule has 0 bridgehead atoms. The second-order valence-electron chi connectivity index (χ2n) is 5.22. The number of esters is 1. The van der Waals surface area contributed by atoms with E-state index in [1.54, 1.807) is 37.4 Å². The summed E-state index contributed by atoms with van der Waals surface area (Å²) in [6.07, 6.45) is 4.97. The van der Waals surface area contributed by atoms with Gasteiger partial charge in [0.1, 0.15) is 0 Å². The van der Waals surface area contributed by atoms with E-state index in [-0.39, 0.29) is 5.97 Å². The van der Waals surface area contributed by atoms with Crippen molar-refractivity contribution >= 4 is 23.4 Å². The molecule has 7 nitrogen and oxygen atoms in total. The summed E-state index contributed by atoms with van der Waals surface area (Å²) in [5.74, 6) is 0.762. The van der Waals surface area contributed by atoms with Crippen LogP contribution in [0.25, 0.3) is 0 Å². The van der Waals surface area contributed by atoms with E-state index in [1.165, 1.54) is 12.8 Å². The van der Waals surface area contributed by atoms with Crippen LogP contribution in [0.4, 0.5) is 17.5 Å². The van der Waals surface area contributed by atoms with Crippen LogP contribution in [0, 0.1) is 0 Å². The van der Waals surface area contributed by atoms with Crippen LogP contribution in [0.1, 0.15) is 43.5 Å². The number of carbonyl (C=O) groups excluding carboxylic acids is 1. The third kappa shape index (κ3) is 5.49. The Morgan fingerprint density at radius 3 is 2.67 bits per heavy atom. The van der Waals surface area contributed by atoms with Crippen molar-refractivity contribution < 1.29 is 9.53 Å². The van der Waals surface area contributed by atoms with Gasteiger partial charge in [-0.2, -0.15) is 10.1 Å². The molecule has 0 amide bonds. The summed E-state index contributed by atoms with van der Waals surface area (Å²) < 4.78 is 4.96. The third-order valence-electron chi connectivity index (χ3n) is 3.29. The number of hydrogen-bond donors (Lipinski definition) is 2. The quantitative estimate of drug-likeness (QED) is 0.538. The van der Waals surface area contributed by atoms with Crippen molar-refractivity contribution in [3.63, 3.8) is 0 Å². The number of nitrogens with one attached hydrogen (secondary N) is 2. The summed E-state index contributed by atoms with van der Waals surface area (Å²) in [5, 5.41) is 14.2. The maximum Gasteiger partial charge on any atom is 0.338 e. The zero-order chi connectivity index (χ0) is 17.2. The van der Waals surface area contributed by atoms with E-state index in [1.807, 2.05) is 0 Å². The molecule has 0 aliphatic rings. The number of ether oxygens (including phenoxy) is 1. The second-order valence-corrected chi connectivity index (χ2v) is 5.22. The fourth-order valence-corrected chi connectivity index (χ4v) is 2.07. The van der Waals surface area contributed by atoms with Crippen LogP contribution < -0.4 is 10.6 Å². The fourth-order valence-electron chi connectivity index (χ4n) is 2.07. The van der Waals surface area contributed by atoms with E-state index in [0.717, 1.165) is 18.7 Å². The number of carbonyl (C=O) groups is 1. The first-order valence-corrected chi connectivity index (χ1v) is 8.20. The monoisotopic (exact) mass is 329 g/mol. The first-order chi connectivity index (χ1) is 11.7. The molecule has 128 valence electrons. The van der Waals surface area contributed by atoms with E-state index in [0.29, 0.717) is 23.9 Å². The average Bonchev–Trinajstić information content (AvgIpc) is 2.60. The molecule has 0 radical (unpaired) electrons. The zero-order valence-corrected chi connectivity index (χ0v) is 14.1. The SMILES string of the molecule is CCCCCNc1nncc(Nc2ccc(C(=O)OCC)cc2)n1. The van der Waals surface area contributed by atoms with E-state index in [2.05, 4.69) is 32.7 Å². The summed E-state index contributed by atoms with van der Waals surface area (Å²) >= 11 is 0. The lowest BCUT2D eigenvalue weighted by molar-refractivity contribution is 0.0526. The Balaban J connectivity index is 1.94. The molecule has 0 saturated carbocycles. The average molecular weight is 329 g/mol. The number of benzene rings is 1. The molecule has 0 aliphatic carbocycles. The molecule has 0 fully saturated rings. The van der Waals surface area contributed by atoms with Crippen LogP contribution in [-0.2, 0) is 4.74 Å². The molecular formula is C17H23N5O2. The van der Waals surface area contributed by atoms with Gasteiger partial charge in [-0.1, -0.05) is 19.8 Å². The van der Waals surface area contributed by atoms with Crippen LogP contribution in [0.2, 0.25) is 0 Å². The van der Waals surface area contributed by atoms with Crippen molar-refractivity contribution in [3.05, 3.63) is 36.0 Å². The predicted molar refractivity (Wildman–Crippen MR) is 93.5 cm³/mol. The lowest BCUT2D eigenvalue weighted by Crippen LogP contribution is -2.08. The molecule has 1 aromatic heterocycles. The summed E-state index contributed by atoms with van der Waals surface area (Å²) in [6.45, 7) is 5.13. The topological polar surface area (TPSA) is 89.0 Å². The molecule has 0 aliphatic heterocycles. The van der Waals surface area contributed by atoms with Gasteiger partial charge in [-0.3, -0.25) is 0 Å². The smallest absolute Gasteiger partial charge is 0.338 e. The van der Waals surface area contributed by atoms with Crippen LogP contribution >= 0.6 is 0 Å². The lowest BCUT2D eigenvalue weighted by Gasteiger charge is -2.08. The largest absolute Gasteiger partial charge is 0.462 e. The zero-order valence-electron chi connectivity index (χ0n) is 14.1. The van der Waals surface area contributed by atoms with Crippen molar-refractivity contribution in [2.45, 2.75) is 33.1 Å². The highest BCUT2D eigenvalue weighted by molar-refractivity contribution is 5.89. The van der Waals surface area contributed by atoms with Crippen molar-refractivity contribution in [1.29, 1.82) is 0 Å². The summed E-state index contributed by atoms with van der Waals surface area (Å²) in [7, 11) is 0. The molecule has 0 saturated heterocycles. The molecular weight excluding hydrogens is 306 g/mol. The number of hydrogen-bond acceptors (Lipinski definition) is 7. The molecule has 0 atom stereocenters. The van der Waals surface area contributed by atoms with Crippen molar-refractivity contribution in [2.24, 2.45) is 0 Å². The summed E-state index contributed by atoms with van der Waals surface area (Å²) in [6, 6.07) is 7.00. The Hall–Kier alpha value is -2.70. The highest BCUT2D eigenvalue weighted by Gasteiger charge is 2.06. The highest BCUT2D eigenvalue weighted by Crippen LogP contribution is 2.16. The molecule has 7 heteroatoms. The van der Waals surface area contributed by atoms with Gasteiger partial charge in [0.2, 0.25) is 5.95 Å². The van der Waals surface area contributed by atoms with Gasteiger partial charge >= 0.3 is 5.97 Å². The highest BCUT2D eigenvalue weighted by atomic mass is 16.5. The van der Waals surface area contributed by atoms with Gasteiger partial charge in [0.15, 0.2) is 5.82 Å². The normalized spacial score (nSPS) is 10.2. The minimum absolute atomic E-state index is 0.327. The van der Waals surface area contributed by atoms with E-state index < -0.39 is 0 Å². The first-order valence-electron chi connectivity index (χ1n) is 8.20. The van der Waals surface area contributed by atoms with Gasteiger partial charge in [0.25, 0.3) is 0 Å². The van der Waals surface area contributed by atoms with Gasteiger partial charge in [-0.15, -0.1) is 5.10 Å². The minimum atomic E-state index is -0.327. The van der Waals surface area contributed by atoms with Gasteiger partial charge in [0, 0.05) is 12.2 Å². The standard InChI is InChI=1S/C17H23N5O2/c1-3-5-6-11-18-17-21-15(12-19-22-17)20-14-9-7-13(8-10-14)16(23)24-4-2/h7-10,12H,3-6,11H2,1-2H3,(H2,18,20,21,22). The van der Waals surface area contributed by atoms with E-state index >= 15 is 0 Å². The molecule has 0 unspecified atom stereocenters. The molecule has 1 aromatic carbocycles. The lowest BCUT2D eigenvalue weighted by atomic mass is 10.2. The molecule has 2 N–H and O–H groups in total. The summed E-state index contributed by atoms with van der Waals surface area (Å²) in [5.41, 5.74) is 1.32. The van der Waals surface area contributed by atoms with Crippen molar-refractivity contribution in [2.75, 3.05) is 23.8 Å². The van der Waals surface area contributed by atoms with Crippen molar-refractivity contribution in [1.82, 2.24) is 15.2 Å². The third-order valence-corrected chi connectivity index (χ3v) is 3.29. The molecule has 24 heavy (non-hydrogen) atoms. The van der Waals surface area contributed by atoms with Gasteiger partial charge in [-0.25, -0.2) is 4.79 Å². The summed E-state index contributed by atoms with van der Waals surface area (Å²) in [4.78, 5) is 16.0. The van der Waals surface area contributed by atoms with E-state index in [4.69, 9.17) is 4.74 Å². The van der Waals surface area contributed by atoms with Gasteiger partial charge in [0.05, 0.1) is 18.4 Å². The number of anilines is 3. The van der Waals surface area contributed by atoms with Crippen LogP contribution in [0.5, 0.6) is 0 Å². The molecule has 2 aromatic rings. The maximum absolute atomic E-state index is 11.6. The van der Waals surface area contributed by atoms with Crippen LogP contribution in [-0.4, -0.2) is 34.3 Å². The van der Waals surface area contributed by atoms with Crippen LogP contribution in [0.3, 0.4) is 0 Å². The molecule has 0 spiro atoms. The number of nitrogens with zero attached hydrogens (tertiary/aromatic N) is 3. The van der Waals surface area contributed by atoms with Crippen LogP contribution in [0.15, 0.2) is 30.5 Å². The van der Waals surface area contributed by atoms with Gasteiger partial charge < -0.3 is 15.4 Å². The number of rotatable bonds is 9. The number of aromatic nitrogens is 3. The minimum Gasteiger partial charge on any atom is -0.462 e.